The van der Waals surface area contributed by atoms with Crippen molar-refractivity contribution in [3.8, 4) is 11.5 Å². The third-order valence-corrected chi connectivity index (χ3v) is 4.82. The molecule has 2 aromatic carbocycles. The van der Waals surface area contributed by atoms with Crippen molar-refractivity contribution in [2.24, 2.45) is 0 Å². The second-order valence-electron chi connectivity index (χ2n) is 6.66. The highest BCUT2D eigenvalue weighted by molar-refractivity contribution is 5.95. The highest BCUT2D eigenvalue weighted by atomic mass is 19.1. The zero-order chi connectivity index (χ0) is 20.1. The minimum atomic E-state index is -0.499. The Hall–Kier alpha value is -2.64. The van der Waals surface area contributed by atoms with E-state index < -0.39 is 5.82 Å². The first-order chi connectivity index (χ1) is 13.5. The summed E-state index contributed by atoms with van der Waals surface area (Å²) in [7, 11) is 3.05. The van der Waals surface area contributed by atoms with Crippen LogP contribution in [-0.2, 0) is 9.53 Å². The fourth-order valence-electron chi connectivity index (χ4n) is 3.16. The lowest BCUT2D eigenvalue weighted by molar-refractivity contribution is -0.129. The first-order valence-electron chi connectivity index (χ1n) is 9.14. The monoisotopic (exact) mass is 388 g/mol. The van der Waals surface area contributed by atoms with Crippen molar-refractivity contribution in [2.75, 3.05) is 38.8 Å². The molecule has 1 heterocycles. The van der Waals surface area contributed by atoms with Gasteiger partial charge in [0, 0.05) is 24.3 Å². The van der Waals surface area contributed by atoms with E-state index >= 15 is 0 Å². The predicted molar refractivity (Wildman–Crippen MR) is 104 cm³/mol. The molecule has 0 bridgehead atoms. The van der Waals surface area contributed by atoms with Crippen LogP contribution in [-0.4, -0.2) is 45.9 Å². The topological polar surface area (TPSA) is 60.0 Å². The van der Waals surface area contributed by atoms with Crippen LogP contribution in [0.1, 0.15) is 18.5 Å². The van der Waals surface area contributed by atoms with E-state index in [2.05, 4.69) is 12.2 Å². The lowest BCUT2D eigenvalue weighted by Crippen LogP contribution is -2.50. The Kier molecular flexibility index (Phi) is 6.49. The number of rotatable bonds is 7. The number of amides is 1. The third kappa shape index (κ3) is 4.61. The zero-order valence-electron chi connectivity index (χ0n) is 16.3. The van der Waals surface area contributed by atoms with Gasteiger partial charge in [-0.2, -0.15) is 0 Å². The van der Waals surface area contributed by atoms with Gasteiger partial charge in [-0.15, -0.1) is 0 Å². The lowest BCUT2D eigenvalue weighted by atomic mass is 10.1. The van der Waals surface area contributed by atoms with Crippen molar-refractivity contribution in [1.82, 2.24) is 5.32 Å². The lowest BCUT2D eigenvalue weighted by Gasteiger charge is -2.33. The summed E-state index contributed by atoms with van der Waals surface area (Å²) in [6.07, 6.45) is -0.198. The standard InChI is InChI=1S/C21H25FN2O4/c1-14(15-5-4-6-17(9-15)26-2)23-11-18-12-24(21(25)13-28-18)16-7-8-20(27-3)19(22)10-16/h4-10,14,18,23H,11-13H2,1-3H3/t14-,18?/m1/s1. The molecule has 1 aliphatic heterocycles. The average molecular weight is 388 g/mol. The van der Waals surface area contributed by atoms with Crippen LogP contribution < -0.4 is 19.7 Å². The molecule has 1 N–H and O–H groups in total. The maximum absolute atomic E-state index is 14.0. The van der Waals surface area contributed by atoms with E-state index in [0.29, 0.717) is 18.8 Å². The van der Waals surface area contributed by atoms with Crippen LogP contribution in [0.2, 0.25) is 0 Å². The number of halogens is 1. The molecule has 1 aliphatic rings. The van der Waals surface area contributed by atoms with E-state index in [1.807, 2.05) is 24.3 Å². The average Bonchev–Trinajstić information content (AvgIpc) is 2.72. The van der Waals surface area contributed by atoms with Crippen molar-refractivity contribution >= 4 is 11.6 Å². The van der Waals surface area contributed by atoms with Gasteiger partial charge in [0.25, 0.3) is 5.91 Å². The number of methoxy groups -OCH3 is 2. The molecule has 3 rings (SSSR count). The van der Waals surface area contributed by atoms with Crippen LogP contribution in [0.4, 0.5) is 10.1 Å². The Morgan fingerprint density at radius 3 is 2.79 bits per heavy atom. The van der Waals surface area contributed by atoms with Crippen molar-refractivity contribution in [3.63, 3.8) is 0 Å². The highest BCUT2D eigenvalue weighted by Crippen LogP contribution is 2.25. The van der Waals surface area contributed by atoms with Crippen LogP contribution >= 0.6 is 0 Å². The molecule has 7 heteroatoms. The Bertz CT molecular complexity index is 830. The molecular weight excluding hydrogens is 363 g/mol. The normalized spacial score (nSPS) is 18.1. The molecule has 1 fully saturated rings. The molecule has 0 radical (unpaired) electrons. The first-order valence-corrected chi connectivity index (χ1v) is 9.14. The summed E-state index contributed by atoms with van der Waals surface area (Å²) in [6, 6.07) is 12.4. The van der Waals surface area contributed by atoms with Crippen LogP contribution in [0.5, 0.6) is 11.5 Å². The van der Waals surface area contributed by atoms with Crippen LogP contribution in [0.15, 0.2) is 42.5 Å². The Morgan fingerprint density at radius 1 is 1.25 bits per heavy atom. The van der Waals surface area contributed by atoms with Crippen molar-refractivity contribution in [3.05, 3.63) is 53.8 Å². The number of nitrogens with one attached hydrogen (secondary N) is 1. The van der Waals surface area contributed by atoms with Gasteiger partial charge in [-0.05, 0) is 36.8 Å². The molecule has 2 atom stereocenters. The van der Waals surface area contributed by atoms with Gasteiger partial charge in [-0.25, -0.2) is 4.39 Å². The number of carbonyl (C=O) groups is 1. The summed E-state index contributed by atoms with van der Waals surface area (Å²) in [5, 5.41) is 3.42. The Labute approximate surface area is 164 Å². The summed E-state index contributed by atoms with van der Waals surface area (Å²) >= 11 is 0. The van der Waals surface area contributed by atoms with Gasteiger partial charge in [-0.3, -0.25) is 4.79 Å². The van der Waals surface area contributed by atoms with Gasteiger partial charge in [0.05, 0.1) is 26.9 Å². The predicted octanol–water partition coefficient (Wildman–Crippen LogP) is 2.93. The maximum Gasteiger partial charge on any atom is 0.253 e. The molecule has 0 saturated carbocycles. The molecule has 6 nitrogen and oxygen atoms in total. The number of ether oxygens (including phenoxy) is 3. The number of morpholine rings is 1. The van der Waals surface area contributed by atoms with Crippen LogP contribution in [0, 0.1) is 5.82 Å². The number of hydrogen-bond donors (Lipinski definition) is 1. The highest BCUT2D eigenvalue weighted by Gasteiger charge is 2.28. The molecule has 0 aromatic heterocycles. The number of benzene rings is 2. The van der Waals surface area contributed by atoms with Gasteiger partial charge in [-0.1, -0.05) is 12.1 Å². The summed E-state index contributed by atoms with van der Waals surface area (Å²) in [5.74, 6) is 0.260. The minimum Gasteiger partial charge on any atom is -0.497 e. The number of carbonyl (C=O) groups excluding carboxylic acids is 1. The molecule has 0 aliphatic carbocycles. The number of anilines is 1. The van der Waals surface area contributed by atoms with Crippen molar-refractivity contribution in [1.29, 1.82) is 0 Å². The number of hydrogen-bond acceptors (Lipinski definition) is 5. The fraction of sp³-hybridized carbons (Fsp3) is 0.381. The molecule has 1 unspecified atom stereocenters. The fourth-order valence-corrected chi connectivity index (χ4v) is 3.16. The summed E-state index contributed by atoms with van der Waals surface area (Å²) in [4.78, 5) is 13.8. The molecule has 1 saturated heterocycles. The molecule has 150 valence electrons. The van der Waals surface area contributed by atoms with E-state index in [1.165, 1.54) is 19.2 Å². The molecule has 1 amide bonds. The quantitative estimate of drug-likeness (QED) is 0.790. The maximum atomic E-state index is 14.0. The van der Waals surface area contributed by atoms with E-state index in [-0.39, 0.29) is 30.4 Å². The van der Waals surface area contributed by atoms with E-state index in [1.54, 1.807) is 18.1 Å². The van der Waals surface area contributed by atoms with Crippen LogP contribution in [0.3, 0.4) is 0 Å². The number of nitrogens with zero attached hydrogens (tertiary/aromatic N) is 1. The van der Waals surface area contributed by atoms with E-state index in [4.69, 9.17) is 14.2 Å². The molecule has 28 heavy (non-hydrogen) atoms. The van der Waals surface area contributed by atoms with E-state index in [0.717, 1.165) is 11.3 Å². The van der Waals surface area contributed by atoms with Crippen molar-refractivity contribution < 1.29 is 23.4 Å². The minimum absolute atomic E-state index is 0.0342. The van der Waals surface area contributed by atoms with Crippen LogP contribution in [0.25, 0.3) is 0 Å². The van der Waals surface area contributed by atoms with Gasteiger partial charge in [0.1, 0.15) is 12.4 Å². The van der Waals surface area contributed by atoms with E-state index in [9.17, 15) is 9.18 Å². The first kappa shape index (κ1) is 20.1. The third-order valence-electron chi connectivity index (χ3n) is 4.82. The summed E-state index contributed by atoms with van der Waals surface area (Å²) in [6.45, 7) is 2.93. The SMILES string of the molecule is COc1cccc([C@@H](C)NCC2CN(c3ccc(OC)c(F)c3)C(=O)CO2)c1. The van der Waals surface area contributed by atoms with Gasteiger partial charge < -0.3 is 24.4 Å². The largest absolute Gasteiger partial charge is 0.497 e. The van der Waals surface area contributed by atoms with Gasteiger partial charge in [0.15, 0.2) is 11.6 Å². The second-order valence-corrected chi connectivity index (χ2v) is 6.66. The Balaban J connectivity index is 1.62. The van der Waals surface area contributed by atoms with Crippen molar-refractivity contribution in [2.45, 2.75) is 19.1 Å². The molecule has 2 aromatic rings. The second kappa shape index (κ2) is 9.03. The van der Waals surface area contributed by atoms with Gasteiger partial charge in [0.2, 0.25) is 0 Å². The van der Waals surface area contributed by atoms with Gasteiger partial charge >= 0.3 is 0 Å². The zero-order valence-corrected chi connectivity index (χ0v) is 16.3. The molecule has 0 spiro atoms. The molecular formula is C21H25FN2O4. The summed E-state index contributed by atoms with van der Waals surface area (Å²) < 4.78 is 29.9. The Morgan fingerprint density at radius 2 is 2.07 bits per heavy atom. The summed E-state index contributed by atoms with van der Waals surface area (Å²) in [5.41, 5.74) is 1.60. The smallest absolute Gasteiger partial charge is 0.253 e.